The van der Waals surface area contributed by atoms with Gasteiger partial charge < -0.3 is 4.74 Å². The Kier molecular flexibility index (Phi) is 3.83. The number of ether oxygens (including phenoxy) is 1. The predicted molar refractivity (Wildman–Crippen MR) is 78.0 cm³/mol. The summed E-state index contributed by atoms with van der Waals surface area (Å²) in [5, 5.41) is 0.154. The highest BCUT2D eigenvalue weighted by molar-refractivity contribution is 6.28. The molecule has 0 unspecified atom stereocenters. The first-order chi connectivity index (χ1) is 9.76. The summed E-state index contributed by atoms with van der Waals surface area (Å²) in [4.78, 5) is 12.4. The van der Waals surface area contributed by atoms with Gasteiger partial charge >= 0.3 is 6.01 Å². The molecular weight excluding hydrogens is 274 g/mol. The van der Waals surface area contributed by atoms with Crippen LogP contribution in [0, 0.1) is 0 Å². The van der Waals surface area contributed by atoms with Crippen molar-refractivity contribution in [1.29, 1.82) is 0 Å². The quantitative estimate of drug-likeness (QED) is 0.857. The minimum atomic E-state index is 0.154. The summed E-state index contributed by atoms with van der Waals surface area (Å²) in [6, 6.07) is 8.64. The first kappa shape index (κ1) is 13.3. The molecule has 4 nitrogen and oxygen atoms in total. The minimum absolute atomic E-state index is 0.154. The SMILES string of the molecule is CCOc1nc(Cl)nc(-c2ccc(C3CCC3)cc2)n1. The summed E-state index contributed by atoms with van der Waals surface area (Å²) < 4.78 is 5.29. The molecule has 2 aromatic rings. The third-order valence-corrected chi connectivity index (χ3v) is 3.78. The third kappa shape index (κ3) is 2.75. The maximum atomic E-state index is 5.91. The first-order valence-corrected chi connectivity index (χ1v) is 7.29. The molecule has 3 rings (SSSR count). The highest BCUT2D eigenvalue weighted by Gasteiger charge is 2.19. The van der Waals surface area contributed by atoms with Crippen LogP contribution in [0.25, 0.3) is 11.4 Å². The zero-order valence-corrected chi connectivity index (χ0v) is 12.1. The second kappa shape index (κ2) is 5.75. The van der Waals surface area contributed by atoms with Crippen LogP contribution in [0.3, 0.4) is 0 Å². The van der Waals surface area contributed by atoms with Crippen molar-refractivity contribution in [2.45, 2.75) is 32.1 Å². The van der Waals surface area contributed by atoms with Crippen LogP contribution in [0.2, 0.25) is 5.28 Å². The average molecular weight is 290 g/mol. The lowest BCUT2D eigenvalue weighted by Crippen LogP contribution is -2.08. The first-order valence-electron chi connectivity index (χ1n) is 6.91. The van der Waals surface area contributed by atoms with E-state index in [0.717, 1.165) is 11.5 Å². The predicted octanol–water partition coefficient (Wildman–Crippen LogP) is 3.86. The van der Waals surface area contributed by atoms with Gasteiger partial charge in [0.1, 0.15) is 0 Å². The molecule has 1 aliphatic carbocycles. The average Bonchev–Trinajstić information content (AvgIpc) is 2.37. The zero-order valence-electron chi connectivity index (χ0n) is 11.3. The maximum absolute atomic E-state index is 5.91. The molecule has 1 fully saturated rings. The molecule has 20 heavy (non-hydrogen) atoms. The van der Waals surface area contributed by atoms with Crippen LogP contribution in [-0.4, -0.2) is 21.6 Å². The van der Waals surface area contributed by atoms with Gasteiger partial charge in [0.25, 0.3) is 0 Å². The second-order valence-corrected chi connectivity index (χ2v) is 5.23. The molecule has 1 aromatic carbocycles. The van der Waals surface area contributed by atoms with Gasteiger partial charge in [0.05, 0.1) is 6.61 Å². The molecule has 0 radical (unpaired) electrons. The van der Waals surface area contributed by atoms with Gasteiger partial charge in [-0.05, 0) is 42.8 Å². The molecule has 1 saturated carbocycles. The molecule has 1 aromatic heterocycles. The summed E-state index contributed by atoms with van der Waals surface area (Å²) in [6.07, 6.45) is 3.93. The van der Waals surface area contributed by atoms with E-state index in [0.29, 0.717) is 12.4 Å². The topological polar surface area (TPSA) is 47.9 Å². The van der Waals surface area contributed by atoms with Crippen molar-refractivity contribution in [2.24, 2.45) is 0 Å². The fraction of sp³-hybridized carbons (Fsp3) is 0.400. The fourth-order valence-corrected chi connectivity index (χ4v) is 2.45. The number of hydrogen-bond donors (Lipinski definition) is 0. The summed E-state index contributed by atoms with van der Waals surface area (Å²) in [5.74, 6) is 1.28. The Balaban J connectivity index is 1.87. The van der Waals surface area contributed by atoms with E-state index < -0.39 is 0 Å². The van der Waals surface area contributed by atoms with E-state index in [9.17, 15) is 0 Å². The number of aromatic nitrogens is 3. The van der Waals surface area contributed by atoms with Crippen LogP contribution in [0.5, 0.6) is 6.01 Å². The molecule has 1 aliphatic rings. The molecular formula is C15H16ClN3O. The summed E-state index contributed by atoms with van der Waals surface area (Å²) in [7, 11) is 0. The Morgan fingerprint density at radius 3 is 2.50 bits per heavy atom. The van der Waals surface area contributed by atoms with E-state index in [1.807, 2.05) is 19.1 Å². The van der Waals surface area contributed by atoms with Crippen LogP contribution >= 0.6 is 11.6 Å². The maximum Gasteiger partial charge on any atom is 0.321 e. The molecule has 0 N–H and O–H groups in total. The van der Waals surface area contributed by atoms with Crippen LogP contribution in [0.1, 0.15) is 37.7 Å². The van der Waals surface area contributed by atoms with E-state index in [1.54, 1.807) is 0 Å². The zero-order chi connectivity index (χ0) is 13.9. The van der Waals surface area contributed by atoms with Crippen molar-refractivity contribution in [3.05, 3.63) is 35.1 Å². The van der Waals surface area contributed by atoms with Gasteiger partial charge in [-0.3, -0.25) is 0 Å². The minimum Gasteiger partial charge on any atom is -0.464 e. The van der Waals surface area contributed by atoms with Gasteiger partial charge in [-0.25, -0.2) is 0 Å². The van der Waals surface area contributed by atoms with Gasteiger partial charge in [-0.2, -0.15) is 15.0 Å². The second-order valence-electron chi connectivity index (χ2n) is 4.89. The Bertz CT molecular complexity index is 597. The normalized spacial score (nSPS) is 14.9. The molecule has 0 spiro atoms. The van der Waals surface area contributed by atoms with Crippen LogP contribution < -0.4 is 4.74 Å². The lowest BCUT2D eigenvalue weighted by molar-refractivity contribution is 0.312. The van der Waals surface area contributed by atoms with Gasteiger partial charge in [0.15, 0.2) is 5.82 Å². The molecule has 0 amide bonds. The summed E-state index contributed by atoms with van der Waals surface area (Å²) >= 11 is 5.91. The highest BCUT2D eigenvalue weighted by Crippen LogP contribution is 2.36. The summed E-state index contributed by atoms with van der Waals surface area (Å²) in [5.41, 5.74) is 2.32. The molecule has 104 valence electrons. The third-order valence-electron chi connectivity index (χ3n) is 3.61. The standard InChI is InChI=1S/C15H16ClN3O/c1-2-20-15-18-13(17-14(16)19-15)12-8-6-11(7-9-12)10-4-3-5-10/h6-10H,2-5H2,1H3. The van der Waals surface area contributed by atoms with E-state index in [-0.39, 0.29) is 11.3 Å². The Morgan fingerprint density at radius 1 is 1.15 bits per heavy atom. The number of rotatable bonds is 4. The molecule has 0 saturated heterocycles. The molecule has 1 heterocycles. The van der Waals surface area contributed by atoms with Crippen molar-refractivity contribution in [3.8, 4) is 17.4 Å². The lowest BCUT2D eigenvalue weighted by atomic mass is 9.80. The van der Waals surface area contributed by atoms with E-state index in [1.165, 1.54) is 24.8 Å². The van der Waals surface area contributed by atoms with Crippen LogP contribution in [0.15, 0.2) is 24.3 Å². The van der Waals surface area contributed by atoms with Crippen molar-refractivity contribution in [1.82, 2.24) is 15.0 Å². The molecule has 0 bridgehead atoms. The van der Waals surface area contributed by atoms with E-state index >= 15 is 0 Å². The van der Waals surface area contributed by atoms with Crippen molar-refractivity contribution >= 4 is 11.6 Å². The lowest BCUT2D eigenvalue weighted by Gasteiger charge is -2.25. The van der Waals surface area contributed by atoms with Gasteiger partial charge in [0, 0.05) is 5.56 Å². The van der Waals surface area contributed by atoms with Gasteiger partial charge in [-0.15, -0.1) is 0 Å². The number of hydrogen-bond acceptors (Lipinski definition) is 4. The smallest absolute Gasteiger partial charge is 0.321 e. The van der Waals surface area contributed by atoms with Crippen molar-refractivity contribution < 1.29 is 4.74 Å². The molecule has 0 atom stereocenters. The van der Waals surface area contributed by atoms with Crippen LogP contribution in [-0.2, 0) is 0 Å². The van der Waals surface area contributed by atoms with Crippen LogP contribution in [0.4, 0.5) is 0 Å². The summed E-state index contributed by atoms with van der Waals surface area (Å²) in [6.45, 7) is 2.38. The number of halogens is 1. The van der Waals surface area contributed by atoms with Crippen molar-refractivity contribution in [3.63, 3.8) is 0 Å². The highest BCUT2D eigenvalue weighted by atomic mass is 35.5. The monoisotopic (exact) mass is 289 g/mol. The van der Waals surface area contributed by atoms with E-state index in [2.05, 4.69) is 27.1 Å². The largest absolute Gasteiger partial charge is 0.464 e. The van der Waals surface area contributed by atoms with Crippen molar-refractivity contribution in [2.75, 3.05) is 6.61 Å². The molecule has 5 heteroatoms. The number of benzene rings is 1. The van der Waals surface area contributed by atoms with E-state index in [4.69, 9.17) is 16.3 Å². The molecule has 0 aliphatic heterocycles. The Morgan fingerprint density at radius 2 is 1.90 bits per heavy atom. The Labute approximate surface area is 123 Å². The van der Waals surface area contributed by atoms with Gasteiger partial charge in [-0.1, -0.05) is 30.7 Å². The van der Waals surface area contributed by atoms with Gasteiger partial charge in [0.2, 0.25) is 5.28 Å². The Hall–Kier alpha value is -1.68. The fourth-order valence-electron chi connectivity index (χ4n) is 2.30. The number of nitrogens with zero attached hydrogens (tertiary/aromatic N) is 3.